The Balaban J connectivity index is 2.98. The summed E-state index contributed by atoms with van der Waals surface area (Å²) in [6, 6.07) is 4.50. The summed E-state index contributed by atoms with van der Waals surface area (Å²) in [5.41, 5.74) is 1.31. The number of nitrogens with two attached hydrogens (primary N) is 1. The molecule has 0 saturated carbocycles. The van der Waals surface area contributed by atoms with Gasteiger partial charge in [-0.25, -0.2) is 13.6 Å². The largest absolute Gasteiger partial charge is 0.326 e. The van der Waals surface area contributed by atoms with Crippen LogP contribution in [0.25, 0.3) is 0 Å². The third-order valence-corrected chi connectivity index (χ3v) is 4.35. The number of benzene rings is 1. The first-order valence-electron chi connectivity index (χ1n) is 7.23. The zero-order valence-electron chi connectivity index (χ0n) is 12.8. The van der Waals surface area contributed by atoms with E-state index in [1.165, 1.54) is 12.1 Å². The first-order chi connectivity index (χ1) is 9.79. The van der Waals surface area contributed by atoms with Crippen LogP contribution in [-0.2, 0) is 14.8 Å². The Morgan fingerprint density at radius 2 is 1.81 bits per heavy atom. The van der Waals surface area contributed by atoms with Gasteiger partial charge in [0.25, 0.3) is 0 Å². The van der Waals surface area contributed by atoms with Crippen molar-refractivity contribution in [3.63, 3.8) is 0 Å². The van der Waals surface area contributed by atoms with Crippen molar-refractivity contribution in [2.75, 3.05) is 5.32 Å². The van der Waals surface area contributed by atoms with Gasteiger partial charge in [-0.1, -0.05) is 32.8 Å². The van der Waals surface area contributed by atoms with Gasteiger partial charge >= 0.3 is 0 Å². The summed E-state index contributed by atoms with van der Waals surface area (Å²) in [6.07, 6.45) is 3.53. The van der Waals surface area contributed by atoms with Crippen LogP contribution in [0, 0.1) is 12.8 Å². The van der Waals surface area contributed by atoms with Crippen molar-refractivity contribution in [2.24, 2.45) is 11.1 Å². The molecule has 21 heavy (non-hydrogen) atoms. The van der Waals surface area contributed by atoms with Crippen molar-refractivity contribution < 1.29 is 13.2 Å². The molecule has 0 fully saturated rings. The molecule has 1 aromatic carbocycles. The second kappa shape index (κ2) is 7.56. The highest BCUT2D eigenvalue weighted by molar-refractivity contribution is 7.89. The Hall–Kier alpha value is -1.40. The standard InChI is InChI=1S/C15H24N2O3S/c1-4-6-12(7-5-2)15(18)17-14-10-13(21(16,19)20)9-8-11(14)3/h8-10,12H,4-7H2,1-3H3,(H,17,18)(H2,16,19,20). The molecule has 0 aliphatic carbocycles. The van der Waals surface area contributed by atoms with Crippen LogP contribution in [0.15, 0.2) is 23.1 Å². The Bertz CT molecular complexity index is 591. The van der Waals surface area contributed by atoms with E-state index in [1.54, 1.807) is 6.07 Å². The first-order valence-corrected chi connectivity index (χ1v) is 8.78. The average Bonchev–Trinajstić information content (AvgIpc) is 2.39. The molecule has 0 aliphatic rings. The van der Waals surface area contributed by atoms with Gasteiger partial charge in [-0.05, 0) is 37.5 Å². The molecule has 6 heteroatoms. The molecule has 1 rings (SSSR count). The normalized spacial score (nSPS) is 11.7. The average molecular weight is 312 g/mol. The molecule has 3 N–H and O–H groups in total. The first kappa shape index (κ1) is 17.7. The van der Waals surface area contributed by atoms with E-state index in [-0.39, 0.29) is 16.7 Å². The van der Waals surface area contributed by atoms with Crippen LogP contribution < -0.4 is 10.5 Å². The second-order valence-corrected chi connectivity index (χ2v) is 6.85. The molecular weight excluding hydrogens is 288 g/mol. The van der Waals surface area contributed by atoms with Crippen molar-refractivity contribution >= 4 is 21.6 Å². The lowest BCUT2D eigenvalue weighted by Gasteiger charge is -2.17. The van der Waals surface area contributed by atoms with Crippen LogP contribution in [0.1, 0.15) is 45.1 Å². The predicted octanol–water partition coefficient (Wildman–Crippen LogP) is 2.80. The number of hydrogen-bond donors (Lipinski definition) is 2. The molecule has 118 valence electrons. The number of hydrogen-bond acceptors (Lipinski definition) is 3. The number of aryl methyl sites for hydroxylation is 1. The van der Waals surface area contributed by atoms with E-state index in [0.717, 1.165) is 31.2 Å². The quantitative estimate of drug-likeness (QED) is 0.811. The maximum Gasteiger partial charge on any atom is 0.238 e. The highest BCUT2D eigenvalue weighted by Crippen LogP contribution is 2.22. The van der Waals surface area contributed by atoms with Crippen LogP contribution >= 0.6 is 0 Å². The van der Waals surface area contributed by atoms with Crippen LogP contribution in [0.2, 0.25) is 0 Å². The Morgan fingerprint density at radius 1 is 1.24 bits per heavy atom. The number of primary sulfonamides is 1. The highest BCUT2D eigenvalue weighted by Gasteiger charge is 2.18. The van der Waals surface area contributed by atoms with Gasteiger partial charge in [0.1, 0.15) is 0 Å². The van der Waals surface area contributed by atoms with Gasteiger partial charge in [-0.15, -0.1) is 0 Å². The van der Waals surface area contributed by atoms with Gasteiger partial charge in [-0.2, -0.15) is 0 Å². The zero-order chi connectivity index (χ0) is 16.0. The minimum absolute atomic E-state index is 0.00549. The maximum absolute atomic E-state index is 12.3. The number of carbonyl (C=O) groups excluding carboxylic acids is 1. The number of rotatable bonds is 7. The molecule has 0 bridgehead atoms. The van der Waals surface area contributed by atoms with Gasteiger partial charge < -0.3 is 5.32 Å². The number of nitrogens with one attached hydrogen (secondary N) is 1. The topological polar surface area (TPSA) is 89.3 Å². The van der Waals surface area contributed by atoms with Gasteiger partial charge in [0.05, 0.1) is 4.90 Å². The fourth-order valence-electron chi connectivity index (χ4n) is 2.25. The lowest BCUT2D eigenvalue weighted by Crippen LogP contribution is -2.23. The summed E-state index contributed by atoms with van der Waals surface area (Å²) in [6.45, 7) is 5.91. The van der Waals surface area contributed by atoms with Gasteiger partial charge in [0.15, 0.2) is 0 Å². The summed E-state index contributed by atoms with van der Waals surface area (Å²) in [5, 5.41) is 7.95. The molecule has 1 aromatic rings. The van der Waals surface area contributed by atoms with Crippen molar-refractivity contribution in [3.8, 4) is 0 Å². The molecule has 1 amide bonds. The van der Waals surface area contributed by atoms with Crippen LogP contribution in [0.5, 0.6) is 0 Å². The molecule has 0 radical (unpaired) electrons. The molecule has 0 aliphatic heterocycles. The van der Waals surface area contributed by atoms with Gasteiger partial charge in [0.2, 0.25) is 15.9 Å². The molecular formula is C15H24N2O3S. The molecule has 5 nitrogen and oxygen atoms in total. The minimum Gasteiger partial charge on any atom is -0.326 e. The Kier molecular flexibility index (Phi) is 6.36. The summed E-state index contributed by atoms with van der Waals surface area (Å²) >= 11 is 0. The third-order valence-electron chi connectivity index (χ3n) is 3.44. The van der Waals surface area contributed by atoms with E-state index in [9.17, 15) is 13.2 Å². The van der Waals surface area contributed by atoms with E-state index in [0.29, 0.717) is 5.69 Å². The minimum atomic E-state index is -3.77. The van der Waals surface area contributed by atoms with Crippen LogP contribution in [0.4, 0.5) is 5.69 Å². The Morgan fingerprint density at radius 3 is 2.29 bits per heavy atom. The van der Waals surface area contributed by atoms with E-state index in [2.05, 4.69) is 5.32 Å². The van der Waals surface area contributed by atoms with Crippen LogP contribution in [-0.4, -0.2) is 14.3 Å². The smallest absolute Gasteiger partial charge is 0.238 e. The third kappa shape index (κ3) is 5.13. The summed E-state index contributed by atoms with van der Waals surface area (Å²) < 4.78 is 22.8. The predicted molar refractivity (Wildman–Crippen MR) is 84.5 cm³/mol. The van der Waals surface area contributed by atoms with Crippen molar-refractivity contribution in [1.82, 2.24) is 0 Å². The van der Waals surface area contributed by atoms with E-state index in [4.69, 9.17) is 5.14 Å². The SMILES string of the molecule is CCCC(CCC)C(=O)Nc1cc(S(N)(=O)=O)ccc1C. The molecule has 0 atom stereocenters. The van der Waals surface area contributed by atoms with E-state index < -0.39 is 10.0 Å². The number of anilines is 1. The fraction of sp³-hybridized carbons (Fsp3) is 0.533. The second-order valence-electron chi connectivity index (χ2n) is 5.29. The zero-order valence-corrected chi connectivity index (χ0v) is 13.7. The van der Waals surface area contributed by atoms with Gasteiger partial charge in [-0.3, -0.25) is 4.79 Å². The number of sulfonamides is 1. The molecule has 0 saturated heterocycles. The maximum atomic E-state index is 12.3. The summed E-state index contributed by atoms with van der Waals surface area (Å²) in [4.78, 5) is 12.3. The molecule has 0 aromatic heterocycles. The molecule has 0 spiro atoms. The van der Waals surface area contributed by atoms with Crippen molar-refractivity contribution in [1.29, 1.82) is 0 Å². The highest BCUT2D eigenvalue weighted by atomic mass is 32.2. The summed E-state index contributed by atoms with van der Waals surface area (Å²) in [7, 11) is -3.77. The lowest BCUT2D eigenvalue weighted by atomic mass is 9.97. The van der Waals surface area contributed by atoms with Gasteiger partial charge in [0, 0.05) is 11.6 Å². The summed E-state index contributed by atoms with van der Waals surface area (Å²) in [5.74, 6) is -0.106. The monoisotopic (exact) mass is 312 g/mol. The van der Waals surface area contributed by atoms with E-state index >= 15 is 0 Å². The number of amides is 1. The molecule has 0 heterocycles. The van der Waals surface area contributed by atoms with Crippen molar-refractivity contribution in [3.05, 3.63) is 23.8 Å². The van der Waals surface area contributed by atoms with Crippen molar-refractivity contribution in [2.45, 2.75) is 51.3 Å². The molecule has 0 unspecified atom stereocenters. The lowest BCUT2D eigenvalue weighted by molar-refractivity contribution is -0.120. The van der Waals surface area contributed by atoms with E-state index in [1.807, 2.05) is 20.8 Å². The number of carbonyl (C=O) groups is 1. The van der Waals surface area contributed by atoms with Crippen LogP contribution in [0.3, 0.4) is 0 Å². The Labute approximate surface area is 127 Å². The fourth-order valence-corrected chi connectivity index (χ4v) is 2.79.